The summed E-state index contributed by atoms with van der Waals surface area (Å²) in [7, 11) is 0. The van der Waals surface area contributed by atoms with Gasteiger partial charge in [-0.05, 0) is 44.1 Å². The van der Waals surface area contributed by atoms with Crippen LogP contribution in [0.5, 0.6) is 0 Å². The highest BCUT2D eigenvalue weighted by Gasteiger charge is 2.49. The smallest absolute Gasteiger partial charge is 0.250 e. The predicted molar refractivity (Wildman–Crippen MR) is 92.9 cm³/mol. The topological polar surface area (TPSA) is 62.6 Å². The van der Waals surface area contributed by atoms with Crippen molar-refractivity contribution < 1.29 is 9.59 Å². The molecule has 6 nitrogen and oxygen atoms in total. The molecule has 2 saturated heterocycles. The largest absolute Gasteiger partial charge is 0.342 e. The number of carbonyl (C=O) groups excluding carboxylic acids is 2. The molecular weight excluding hydrogens is 318 g/mol. The van der Waals surface area contributed by atoms with Crippen LogP contribution in [0.1, 0.15) is 32.1 Å². The lowest BCUT2D eigenvalue weighted by molar-refractivity contribution is -0.146. The zero-order chi connectivity index (χ0) is 17.4. The lowest BCUT2D eigenvalue weighted by Crippen LogP contribution is -2.51. The third-order valence-electron chi connectivity index (χ3n) is 5.91. The molecule has 1 spiro atoms. The molecule has 6 heteroatoms. The molecule has 1 aliphatic carbocycles. The van der Waals surface area contributed by atoms with Crippen molar-refractivity contribution in [1.82, 2.24) is 14.4 Å². The van der Waals surface area contributed by atoms with Crippen LogP contribution in [0.3, 0.4) is 0 Å². The summed E-state index contributed by atoms with van der Waals surface area (Å²) in [5.74, 6) is 0.873. The van der Waals surface area contributed by atoms with Gasteiger partial charge in [0.1, 0.15) is 6.54 Å². The van der Waals surface area contributed by atoms with Crippen LogP contribution in [0.15, 0.2) is 29.2 Å². The molecule has 2 aliphatic heterocycles. The van der Waals surface area contributed by atoms with E-state index in [1.807, 2.05) is 4.90 Å². The number of rotatable bonds is 4. The molecule has 0 aromatic carbocycles. The van der Waals surface area contributed by atoms with E-state index in [0.29, 0.717) is 19.0 Å². The van der Waals surface area contributed by atoms with Crippen molar-refractivity contribution in [3.8, 4) is 0 Å². The fourth-order valence-corrected chi connectivity index (χ4v) is 4.24. The number of likely N-dealkylation sites (tertiary alicyclic amines) is 2. The van der Waals surface area contributed by atoms with Gasteiger partial charge >= 0.3 is 0 Å². The lowest BCUT2D eigenvalue weighted by Gasteiger charge is -2.39. The number of piperidine rings is 1. The Morgan fingerprint density at radius 2 is 2.00 bits per heavy atom. The Hall–Kier alpha value is -2.11. The molecule has 2 amide bonds. The van der Waals surface area contributed by atoms with Gasteiger partial charge in [0.2, 0.25) is 11.8 Å². The summed E-state index contributed by atoms with van der Waals surface area (Å²) in [5.41, 5.74) is -0.557. The van der Waals surface area contributed by atoms with E-state index < -0.39 is 0 Å². The van der Waals surface area contributed by atoms with Gasteiger partial charge in [-0.3, -0.25) is 14.4 Å². The molecule has 0 unspecified atom stereocenters. The molecule has 1 atom stereocenters. The molecule has 1 saturated carbocycles. The van der Waals surface area contributed by atoms with E-state index in [1.165, 1.54) is 23.5 Å². The van der Waals surface area contributed by atoms with Crippen molar-refractivity contribution in [2.45, 2.75) is 38.6 Å². The highest BCUT2D eigenvalue weighted by Crippen LogP contribution is 2.41. The second kappa shape index (κ2) is 6.32. The molecule has 4 rings (SSSR count). The molecule has 1 aromatic rings. The second-order valence-corrected chi connectivity index (χ2v) is 7.81. The first-order valence-electron chi connectivity index (χ1n) is 9.30. The van der Waals surface area contributed by atoms with E-state index in [4.69, 9.17) is 0 Å². The number of amides is 2. The van der Waals surface area contributed by atoms with Crippen LogP contribution in [0.4, 0.5) is 0 Å². The summed E-state index contributed by atoms with van der Waals surface area (Å²) in [6.07, 6.45) is 6.78. The molecule has 25 heavy (non-hydrogen) atoms. The quantitative estimate of drug-likeness (QED) is 0.822. The molecule has 3 fully saturated rings. The van der Waals surface area contributed by atoms with Crippen molar-refractivity contribution >= 4 is 11.8 Å². The van der Waals surface area contributed by atoms with Crippen LogP contribution in [0, 0.1) is 11.3 Å². The van der Waals surface area contributed by atoms with Gasteiger partial charge in [-0.15, -0.1) is 0 Å². The summed E-state index contributed by atoms with van der Waals surface area (Å²) in [5, 5.41) is 0. The summed E-state index contributed by atoms with van der Waals surface area (Å²) in [4.78, 5) is 41.3. The van der Waals surface area contributed by atoms with Crippen molar-refractivity contribution in [2.75, 3.05) is 26.2 Å². The van der Waals surface area contributed by atoms with Crippen LogP contribution in [-0.4, -0.2) is 52.4 Å². The standard InChI is InChI=1S/C19H25N3O3/c23-16-4-1-2-9-20(16)13-17(24)22-11-8-19(14-22)7-3-10-21(18(19)25)12-15-5-6-15/h1-2,4,9,15H,3,5-8,10-14H2/t19-/m1/s1. The van der Waals surface area contributed by atoms with Gasteiger partial charge in [-0.1, -0.05) is 6.07 Å². The van der Waals surface area contributed by atoms with Crippen LogP contribution >= 0.6 is 0 Å². The third kappa shape index (κ3) is 3.22. The molecule has 0 N–H and O–H groups in total. The SMILES string of the molecule is O=C(Cn1ccccc1=O)N1CC[C@]2(CCCN(CC3CC3)C2=O)C1. The summed E-state index contributed by atoms with van der Waals surface area (Å²) in [6, 6.07) is 4.88. The molecule has 1 aromatic heterocycles. The molecule has 134 valence electrons. The Labute approximate surface area is 147 Å². The highest BCUT2D eigenvalue weighted by atomic mass is 16.2. The predicted octanol–water partition coefficient (Wildman–Crippen LogP) is 1.10. The number of pyridine rings is 1. The molecule has 0 bridgehead atoms. The van der Waals surface area contributed by atoms with E-state index in [0.717, 1.165) is 32.4 Å². The van der Waals surface area contributed by atoms with Gasteiger partial charge in [0.25, 0.3) is 5.56 Å². The summed E-state index contributed by atoms with van der Waals surface area (Å²) < 4.78 is 1.43. The molecule has 3 heterocycles. The van der Waals surface area contributed by atoms with Gasteiger partial charge < -0.3 is 14.4 Å². The fourth-order valence-electron chi connectivity index (χ4n) is 4.24. The minimum absolute atomic E-state index is 0.0513. The first-order valence-corrected chi connectivity index (χ1v) is 9.30. The maximum absolute atomic E-state index is 13.0. The Bertz CT molecular complexity index is 739. The molecule has 0 radical (unpaired) electrons. The van der Waals surface area contributed by atoms with E-state index in [1.54, 1.807) is 23.2 Å². The van der Waals surface area contributed by atoms with Crippen molar-refractivity contribution in [3.05, 3.63) is 34.7 Å². The summed E-state index contributed by atoms with van der Waals surface area (Å²) in [6.45, 7) is 2.94. The Morgan fingerprint density at radius 3 is 2.76 bits per heavy atom. The van der Waals surface area contributed by atoms with Gasteiger partial charge in [0.05, 0.1) is 5.41 Å². The Balaban J connectivity index is 1.43. The third-order valence-corrected chi connectivity index (χ3v) is 5.91. The normalized spacial score (nSPS) is 26.5. The van der Waals surface area contributed by atoms with Crippen molar-refractivity contribution in [1.29, 1.82) is 0 Å². The van der Waals surface area contributed by atoms with Gasteiger partial charge in [0.15, 0.2) is 0 Å². The van der Waals surface area contributed by atoms with Crippen LogP contribution in [0.2, 0.25) is 0 Å². The minimum atomic E-state index is -0.384. The zero-order valence-electron chi connectivity index (χ0n) is 14.5. The Morgan fingerprint density at radius 1 is 1.16 bits per heavy atom. The van der Waals surface area contributed by atoms with E-state index >= 15 is 0 Å². The first-order chi connectivity index (χ1) is 12.1. The van der Waals surface area contributed by atoms with Gasteiger partial charge in [-0.2, -0.15) is 0 Å². The van der Waals surface area contributed by atoms with Crippen LogP contribution in [-0.2, 0) is 16.1 Å². The average Bonchev–Trinajstić information content (AvgIpc) is 3.32. The fraction of sp³-hybridized carbons (Fsp3) is 0.632. The Kier molecular flexibility index (Phi) is 4.13. The number of aromatic nitrogens is 1. The first kappa shape index (κ1) is 16.4. The van der Waals surface area contributed by atoms with E-state index in [2.05, 4.69) is 0 Å². The maximum Gasteiger partial charge on any atom is 0.250 e. The van der Waals surface area contributed by atoms with E-state index in [9.17, 15) is 14.4 Å². The zero-order valence-corrected chi connectivity index (χ0v) is 14.5. The van der Waals surface area contributed by atoms with Crippen LogP contribution < -0.4 is 5.56 Å². The highest BCUT2D eigenvalue weighted by molar-refractivity contribution is 5.86. The number of carbonyl (C=O) groups is 2. The van der Waals surface area contributed by atoms with Crippen molar-refractivity contribution in [3.63, 3.8) is 0 Å². The van der Waals surface area contributed by atoms with E-state index in [-0.39, 0.29) is 29.3 Å². The monoisotopic (exact) mass is 343 g/mol. The molecular formula is C19H25N3O3. The number of hydrogen-bond donors (Lipinski definition) is 0. The van der Waals surface area contributed by atoms with Gasteiger partial charge in [0, 0.05) is 38.4 Å². The number of hydrogen-bond acceptors (Lipinski definition) is 3. The van der Waals surface area contributed by atoms with Gasteiger partial charge in [-0.25, -0.2) is 0 Å². The van der Waals surface area contributed by atoms with Crippen molar-refractivity contribution in [2.24, 2.45) is 11.3 Å². The molecule has 3 aliphatic rings. The van der Waals surface area contributed by atoms with Crippen LogP contribution in [0.25, 0.3) is 0 Å². The number of nitrogens with zero attached hydrogens (tertiary/aromatic N) is 3. The minimum Gasteiger partial charge on any atom is -0.342 e. The second-order valence-electron chi connectivity index (χ2n) is 7.81. The summed E-state index contributed by atoms with van der Waals surface area (Å²) >= 11 is 0. The maximum atomic E-state index is 13.0. The average molecular weight is 343 g/mol. The lowest BCUT2D eigenvalue weighted by atomic mass is 9.78.